The lowest BCUT2D eigenvalue weighted by atomic mass is 10.1. The Hall–Kier alpha value is -4.30. The predicted octanol–water partition coefficient (Wildman–Crippen LogP) is 3.62. The summed E-state index contributed by atoms with van der Waals surface area (Å²) in [6.07, 6.45) is 4.39. The molecule has 0 aliphatic carbocycles. The van der Waals surface area contributed by atoms with Crippen LogP contribution in [0.1, 0.15) is 0 Å². The van der Waals surface area contributed by atoms with Crippen LogP contribution in [0.25, 0.3) is 16.8 Å². The van der Waals surface area contributed by atoms with Gasteiger partial charge >= 0.3 is 0 Å². The highest BCUT2D eigenvalue weighted by molar-refractivity contribution is 6.33. The summed E-state index contributed by atoms with van der Waals surface area (Å²) in [6.45, 7) is 5.93. The van der Waals surface area contributed by atoms with Crippen LogP contribution in [-0.2, 0) is 4.79 Å². The predicted molar refractivity (Wildman–Crippen MR) is 165 cm³/mol. The number of ether oxygens (including phenoxy) is 1. The van der Waals surface area contributed by atoms with Crippen LogP contribution < -0.4 is 20.3 Å². The average Bonchev–Trinajstić information content (AvgIpc) is 3.42. The number of nitrogens with one attached hydrogen (secondary N) is 2. The summed E-state index contributed by atoms with van der Waals surface area (Å²) < 4.78 is 21.2. The van der Waals surface area contributed by atoms with Gasteiger partial charge in [0, 0.05) is 50.6 Å². The van der Waals surface area contributed by atoms with E-state index in [9.17, 15) is 14.3 Å². The van der Waals surface area contributed by atoms with Crippen LogP contribution in [0, 0.1) is 0 Å². The maximum atomic E-state index is 13.8. The van der Waals surface area contributed by atoms with E-state index < -0.39 is 18.0 Å². The smallest absolute Gasteiger partial charge is 0.283 e. The number of nitrogens with zero attached hydrogens (tertiary/aromatic N) is 7. The Labute approximate surface area is 253 Å². The standard InChI is InChI=1S/C29H33ClFN9O3/c1-18(31)28(42)34-21-13-22(25(43-4)14-24(21)38-9-11-39(12-10-38)26(41)17-37(2)3)35-29-32-16-20(30)27(36-29)19-15-33-40-8-6-5-7-23(19)40/h5-8,13-16,26,41H,1,9-12,17H2,2-4H3,(H,34,42)(H,32,35,36). The van der Waals surface area contributed by atoms with E-state index in [-0.39, 0.29) is 5.95 Å². The molecule has 1 atom stereocenters. The highest BCUT2D eigenvalue weighted by atomic mass is 35.5. The van der Waals surface area contributed by atoms with Crippen molar-refractivity contribution in [3.63, 3.8) is 0 Å². The fraction of sp³-hybridized carbons (Fsp3) is 0.310. The average molecular weight is 610 g/mol. The number of benzene rings is 1. The second-order valence-electron chi connectivity index (χ2n) is 10.3. The molecule has 1 unspecified atom stereocenters. The number of carbonyl (C=O) groups excluding carboxylic acids is 1. The lowest BCUT2D eigenvalue weighted by Crippen LogP contribution is -2.53. The molecular weight excluding hydrogens is 577 g/mol. The van der Waals surface area contributed by atoms with Gasteiger partial charge in [-0.1, -0.05) is 24.2 Å². The van der Waals surface area contributed by atoms with Gasteiger partial charge in [0.2, 0.25) is 5.95 Å². The molecule has 1 amide bonds. The molecule has 0 saturated carbocycles. The molecule has 1 aliphatic heterocycles. The first-order valence-electron chi connectivity index (χ1n) is 13.6. The van der Waals surface area contributed by atoms with Gasteiger partial charge in [-0.05, 0) is 32.3 Å². The maximum Gasteiger partial charge on any atom is 0.283 e. The van der Waals surface area contributed by atoms with Crippen LogP contribution in [0.2, 0.25) is 5.02 Å². The van der Waals surface area contributed by atoms with E-state index >= 15 is 0 Å². The number of aliphatic hydroxyl groups excluding tert-OH is 1. The number of aliphatic hydroxyl groups is 1. The van der Waals surface area contributed by atoms with Gasteiger partial charge in [-0.25, -0.2) is 18.9 Å². The molecule has 14 heteroatoms. The van der Waals surface area contributed by atoms with E-state index in [1.54, 1.807) is 22.8 Å². The van der Waals surface area contributed by atoms with Gasteiger partial charge in [-0.3, -0.25) is 9.69 Å². The van der Waals surface area contributed by atoms with Gasteiger partial charge in [0.15, 0.2) is 5.83 Å². The number of pyridine rings is 1. The Balaban J connectivity index is 1.46. The van der Waals surface area contributed by atoms with Crippen molar-refractivity contribution in [2.24, 2.45) is 0 Å². The normalized spacial score (nSPS) is 14.6. The molecule has 4 heterocycles. The maximum absolute atomic E-state index is 13.8. The van der Waals surface area contributed by atoms with Gasteiger partial charge in [-0.15, -0.1) is 0 Å². The van der Waals surface area contributed by atoms with Crippen molar-refractivity contribution in [1.29, 1.82) is 0 Å². The van der Waals surface area contributed by atoms with E-state index in [2.05, 4.69) is 32.3 Å². The highest BCUT2D eigenvalue weighted by Crippen LogP contribution is 2.39. The minimum atomic E-state index is -1.12. The van der Waals surface area contributed by atoms with Crippen molar-refractivity contribution in [1.82, 2.24) is 29.4 Å². The number of methoxy groups -OCH3 is 1. The van der Waals surface area contributed by atoms with Gasteiger partial charge in [0.05, 0.1) is 52.8 Å². The molecule has 226 valence electrons. The number of anilines is 4. The molecule has 43 heavy (non-hydrogen) atoms. The molecule has 0 spiro atoms. The topological polar surface area (TPSA) is 123 Å². The summed E-state index contributed by atoms with van der Waals surface area (Å²) in [5.74, 6) is -1.42. The van der Waals surface area contributed by atoms with Crippen molar-refractivity contribution in [3.05, 3.63) is 66.4 Å². The number of piperazine rings is 1. The number of rotatable bonds is 10. The zero-order valence-electron chi connectivity index (χ0n) is 24.1. The molecule has 0 bridgehead atoms. The van der Waals surface area contributed by atoms with E-state index in [1.165, 1.54) is 13.3 Å². The molecule has 5 rings (SSSR count). The van der Waals surface area contributed by atoms with Gasteiger partial charge in [0.25, 0.3) is 5.91 Å². The molecule has 3 aromatic heterocycles. The van der Waals surface area contributed by atoms with Crippen molar-refractivity contribution in [2.75, 3.05) is 69.5 Å². The summed E-state index contributed by atoms with van der Waals surface area (Å²) in [4.78, 5) is 27.3. The first-order valence-corrected chi connectivity index (χ1v) is 13.9. The zero-order valence-corrected chi connectivity index (χ0v) is 24.8. The minimum Gasteiger partial charge on any atom is -0.494 e. The quantitative estimate of drug-likeness (QED) is 0.230. The summed E-state index contributed by atoms with van der Waals surface area (Å²) >= 11 is 6.49. The summed E-state index contributed by atoms with van der Waals surface area (Å²) in [5, 5.41) is 21.0. The molecule has 1 saturated heterocycles. The number of fused-ring (bicyclic) bond motifs is 1. The molecule has 1 aliphatic rings. The number of hydrogen-bond acceptors (Lipinski definition) is 10. The minimum absolute atomic E-state index is 0.219. The zero-order chi connectivity index (χ0) is 30.7. The third-order valence-corrected chi connectivity index (χ3v) is 7.37. The fourth-order valence-corrected chi connectivity index (χ4v) is 5.14. The molecule has 0 radical (unpaired) electrons. The van der Waals surface area contributed by atoms with Crippen molar-refractivity contribution >= 4 is 46.0 Å². The highest BCUT2D eigenvalue weighted by Gasteiger charge is 2.26. The third kappa shape index (κ3) is 6.70. The van der Waals surface area contributed by atoms with Crippen LogP contribution in [0.5, 0.6) is 5.75 Å². The van der Waals surface area contributed by atoms with Crippen molar-refractivity contribution < 1.29 is 19.0 Å². The Kier molecular flexibility index (Phi) is 9.06. The number of aromatic nitrogens is 4. The number of carbonyl (C=O) groups is 1. The molecule has 4 aromatic rings. The SMILES string of the molecule is C=C(F)C(=O)Nc1cc(Nc2ncc(Cl)c(-c3cnn4ccccc34)n2)c(OC)cc1N1CCN(C(O)CN(C)C)CC1. The van der Waals surface area contributed by atoms with Crippen LogP contribution >= 0.6 is 11.6 Å². The summed E-state index contributed by atoms with van der Waals surface area (Å²) in [5.41, 5.74) is 3.42. The third-order valence-electron chi connectivity index (χ3n) is 7.09. The Bertz CT molecular complexity index is 1640. The molecule has 1 fully saturated rings. The number of amides is 1. The van der Waals surface area contributed by atoms with Crippen LogP contribution in [0.15, 0.2) is 61.3 Å². The molecular formula is C29H33ClFN9O3. The van der Waals surface area contributed by atoms with Gasteiger partial charge in [-0.2, -0.15) is 5.10 Å². The molecule has 1 aromatic carbocycles. The summed E-state index contributed by atoms with van der Waals surface area (Å²) in [6, 6.07) is 9.07. The van der Waals surface area contributed by atoms with Crippen LogP contribution in [0.3, 0.4) is 0 Å². The van der Waals surface area contributed by atoms with E-state index in [1.807, 2.05) is 53.2 Å². The first kappa shape index (κ1) is 30.2. The first-order chi connectivity index (χ1) is 20.6. The number of likely N-dealkylation sites (N-methyl/N-ethyl adjacent to an activating group) is 1. The fourth-order valence-electron chi connectivity index (χ4n) is 4.94. The number of halogens is 2. The Morgan fingerprint density at radius 3 is 2.67 bits per heavy atom. The lowest BCUT2D eigenvalue weighted by molar-refractivity contribution is -0.114. The second kappa shape index (κ2) is 12.9. The monoisotopic (exact) mass is 609 g/mol. The van der Waals surface area contributed by atoms with E-state index in [0.717, 1.165) is 11.1 Å². The van der Waals surface area contributed by atoms with Gasteiger partial charge in [0.1, 0.15) is 12.0 Å². The van der Waals surface area contributed by atoms with Crippen molar-refractivity contribution in [2.45, 2.75) is 6.23 Å². The molecule has 3 N–H and O–H groups in total. The van der Waals surface area contributed by atoms with E-state index in [0.29, 0.717) is 66.3 Å². The largest absolute Gasteiger partial charge is 0.494 e. The Morgan fingerprint density at radius 1 is 1.21 bits per heavy atom. The lowest BCUT2D eigenvalue weighted by Gasteiger charge is -2.39. The van der Waals surface area contributed by atoms with Gasteiger partial charge < -0.3 is 30.3 Å². The van der Waals surface area contributed by atoms with E-state index in [4.69, 9.17) is 16.3 Å². The summed E-state index contributed by atoms with van der Waals surface area (Å²) in [7, 11) is 5.34. The Morgan fingerprint density at radius 2 is 1.98 bits per heavy atom. The van der Waals surface area contributed by atoms with Crippen LogP contribution in [-0.4, -0.2) is 101 Å². The van der Waals surface area contributed by atoms with Crippen molar-refractivity contribution in [3.8, 4) is 17.0 Å². The number of hydrogen-bond donors (Lipinski definition) is 3. The second-order valence-corrected chi connectivity index (χ2v) is 10.7. The van der Waals surface area contributed by atoms with Crippen LogP contribution in [0.4, 0.5) is 27.4 Å². The molecule has 12 nitrogen and oxygen atoms in total.